The lowest BCUT2D eigenvalue weighted by molar-refractivity contribution is 0.769. The van der Waals surface area contributed by atoms with E-state index < -0.39 is 8.07 Å². The molecule has 3 nitrogen and oxygen atoms in total. The quantitative estimate of drug-likeness (QED) is 0.295. The van der Waals surface area contributed by atoms with E-state index >= 15 is 0 Å². The molecule has 15 heavy (non-hydrogen) atoms. The van der Waals surface area contributed by atoms with E-state index in [1.54, 1.807) is 0 Å². The molecule has 2 atom stereocenters. The van der Waals surface area contributed by atoms with Crippen LogP contribution in [0.2, 0.25) is 0 Å². The van der Waals surface area contributed by atoms with Gasteiger partial charge in [-0.2, -0.15) is 0 Å². The minimum atomic E-state index is -0.618. The summed E-state index contributed by atoms with van der Waals surface area (Å²) in [5, 5.41) is 0. The van der Waals surface area contributed by atoms with E-state index in [9.17, 15) is 0 Å². The summed E-state index contributed by atoms with van der Waals surface area (Å²) in [7, 11) is -0.618. The molecule has 0 amide bonds. The fraction of sp³-hybridized carbons (Fsp3) is 0.455. The third-order valence-corrected chi connectivity index (χ3v) is 4.20. The van der Waals surface area contributed by atoms with Gasteiger partial charge in [0.15, 0.2) is 0 Å². The summed E-state index contributed by atoms with van der Waals surface area (Å²) in [5.41, 5.74) is 10.2. The van der Waals surface area contributed by atoms with Gasteiger partial charge in [0.05, 0.1) is 0 Å². The molecule has 1 rings (SSSR count). The van der Waals surface area contributed by atoms with Gasteiger partial charge in [-0.05, 0) is 32.3 Å². The molecule has 0 saturated heterocycles. The summed E-state index contributed by atoms with van der Waals surface area (Å²) >= 11 is 0. The Morgan fingerprint density at radius 3 is 2.60 bits per heavy atom. The third-order valence-electron chi connectivity index (χ3n) is 2.38. The average Bonchev–Trinajstić information content (AvgIpc) is 2.27. The van der Waals surface area contributed by atoms with Gasteiger partial charge in [0.1, 0.15) is 0 Å². The van der Waals surface area contributed by atoms with Gasteiger partial charge in [0.2, 0.25) is 0 Å². The van der Waals surface area contributed by atoms with Gasteiger partial charge in [-0.15, -0.1) is 0 Å². The van der Waals surface area contributed by atoms with E-state index in [-0.39, 0.29) is 0 Å². The predicted molar refractivity (Wildman–Crippen MR) is 66.1 cm³/mol. The normalized spacial score (nSPS) is 14.0. The van der Waals surface area contributed by atoms with E-state index in [4.69, 9.17) is 5.53 Å². The lowest BCUT2D eigenvalue weighted by Gasteiger charge is -2.20. The summed E-state index contributed by atoms with van der Waals surface area (Å²) in [4.78, 5) is 6.78. The fourth-order valence-electron chi connectivity index (χ4n) is 1.64. The highest BCUT2D eigenvalue weighted by molar-refractivity contribution is 7.55. The Kier molecular flexibility index (Phi) is 5.17. The second kappa shape index (κ2) is 6.44. The summed E-state index contributed by atoms with van der Waals surface area (Å²) in [6.45, 7) is 4.21. The zero-order valence-electron chi connectivity index (χ0n) is 9.17. The van der Waals surface area contributed by atoms with Crippen LogP contribution in [0.25, 0.3) is 10.4 Å². The van der Waals surface area contributed by atoms with Crippen molar-refractivity contribution >= 4 is 8.07 Å². The smallest absolute Gasteiger partial charge is 0.01000 e. The Morgan fingerprint density at radius 2 is 2.07 bits per heavy atom. The van der Waals surface area contributed by atoms with Crippen LogP contribution in [-0.4, -0.2) is 6.66 Å². The van der Waals surface area contributed by atoms with E-state index in [1.807, 2.05) is 24.9 Å². The van der Waals surface area contributed by atoms with Crippen LogP contribution in [0, 0.1) is 0 Å². The van der Waals surface area contributed by atoms with Gasteiger partial charge in [-0.25, -0.2) is 0 Å². The highest BCUT2D eigenvalue weighted by Crippen LogP contribution is 2.51. The molecule has 0 aliphatic rings. The molecular weight excluding hydrogens is 205 g/mol. The molecule has 1 aromatic rings. The van der Waals surface area contributed by atoms with Crippen LogP contribution < -0.4 is 0 Å². The Hall–Kier alpha value is -1.04. The molecule has 4 heteroatoms. The first-order valence-electron chi connectivity index (χ1n) is 5.12. The summed E-state index contributed by atoms with van der Waals surface area (Å²) < 4.78 is 0. The molecule has 0 radical (unpaired) electrons. The molecule has 0 bridgehead atoms. The van der Waals surface area contributed by atoms with Gasteiger partial charge in [-0.3, -0.25) is 0 Å². The van der Waals surface area contributed by atoms with Crippen LogP contribution in [0.5, 0.6) is 0 Å². The van der Waals surface area contributed by atoms with Crippen molar-refractivity contribution in [3.05, 3.63) is 46.3 Å². The molecule has 0 heterocycles. The maximum absolute atomic E-state index is 8.48. The van der Waals surface area contributed by atoms with Crippen LogP contribution in [0.3, 0.4) is 0 Å². The third kappa shape index (κ3) is 3.54. The second-order valence-corrected chi connectivity index (χ2v) is 5.42. The molecule has 0 spiro atoms. The lowest BCUT2D eigenvalue weighted by atomic mass is 10.1. The number of hydrogen-bond donors (Lipinski definition) is 0. The number of rotatable bonds is 5. The monoisotopic (exact) mass is 221 g/mol. The van der Waals surface area contributed by atoms with Crippen LogP contribution in [0.4, 0.5) is 0 Å². The summed E-state index contributed by atoms with van der Waals surface area (Å²) in [6, 6.07) is 10.3. The van der Waals surface area contributed by atoms with E-state index in [0.717, 1.165) is 12.8 Å². The van der Waals surface area contributed by atoms with Gasteiger partial charge in [-0.1, -0.05) is 48.6 Å². The minimum absolute atomic E-state index is 0.405. The van der Waals surface area contributed by atoms with Gasteiger partial charge < -0.3 is 0 Å². The van der Waals surface area contributed by atoms with Crippen molar-refractivity contribution in [3.8, 4) is 0 Å². The van der Waals surface area contributed by atoms with Crippen molar-refractivity contribution in [1.29, 1.82) is 0 Å². The van der Waals surface area contributed by atoms with E-state index in [2.05, 4.69) is 28.9 Å². The van der Waals surface area contributed by atoms with Crippen LogP contribution in [0.1, 0.15) is 31.0 Å². The number of azide groups is 1. The molecule has 2 unspecified atom stereocenters. The molecular formula is C11H16N3P. The van der Waals surface area contributed by atoms with E-state index in [0.29, 0.717) is 5.66 Å². The Bertz CT molecular complexity index is 333. The number of benzene rings is 1. The average molecular weight is 221 g/mol. The summed E-state index contributed by atoms with van der Waals surface area (Å²) in [6.07, 6.45) is 2.21. The first-order valence-corrected chi connectivity index (χ1v) is 6.93. The van der Waals surface area contributed by atoms with Crippen molar-refractivity contribution < 1.29 is 0 Å². The molecule has 0 aliphatic heterocycles. The zero-order valence-corrected chi connectivity index (χ0v) is 10.1. The lowest BCUT2D eigenvalue weighted by Crippen LogP contribution is -1.94. The number of nitrogens with zero attached hydrogens (tertiary/aromatic N) is 3. The van der Waals surface area contributed by atoms with Crippen molar-refractivity contribution in [2.24, 2.45) is 4.88 Å². The number of hydrogen-bond acceptors (Lipinski definition) is 1. The Balaban J connectivity index is 2.87. The first kappa shape index (κ1) is 12.0. The topological polar surface area (TPSA) is 48.8 Å². The summed E-state index contributed by atoms with van der Waals surface area (Å²) in [5.74, 6) is 0. The Labute approximate surface area is 91.9 Å². The highest BCUT2D eigenvalue weighted by atomic mass is 31.1. The van der Waals surface area contributed by atoms with Crippen molar-refractivity contribution in [3.63, 3.8) is 0 Å². The van der Waals surface area contributed by atoms with Crippen molar-refractivity contribution in [2.45, 2.75) is 25.4 Å². The fourth-order valence-corrected chi connectivity index (χ4v) is 3.13. The highest BCUT2D eigenvalue weighted by Gasteiger charge is 2.16. The van der Waals surface area contributed by atoms with Crippen molar-refractivity contribution in [1.82, 2.24) is 0 Å². The minimum Gasteiger partial charge on any atom is -0.0722 e. The predicted octanol–water partition coefficient (Wildman–Crippen LogP) is 4.86. The zero-order chi connectivity index (χ0) is 11.1. The van der Waals surface area contributed by atoms with Gasteiger partial charge in [0, 0.05) is 10.6 Å². The molecule has 0 aliphatic carbocycles. The van der Waals surface area contributed by atoms with Gasteiger partial charge in [0.25, 0.3) is 0 Å². The van der Waals surface area contributed by atoms with E-state index in [1.165, 1.54) is 5.56 Å². The molecule has 0 fully saturated rings. The van der Waals surface area contributed by atoms with Crippen LogP contribution >= 0.6 is 8.07 Å². The molecule has 80 valence electrons. The first-order chi connectivity index (χ1) is 7.29. The maximum Gasteiger partial charge on any atom is 0.01000 e. The van der Waals surface area contributed by atoms with Gasteiger partial charge >= 0.3 is 0 Å². The second-order valence-electron chi connectivity index (χ2n) is 3.47. The molecule has 0 aromatic heterocycles. The SMILES string of the molecule is CCCC(c1ccccc1)P(C)N=[N+]=[N-]. The van der Waals surface area contributed by atoms with Crippen molar-refractivity contribution in [2.75, 3.05) is 6.66 Å². The standard InChI is InChI=1S/C11H16N3P/c1-3-7-11(15(2)14-13-12)10-8-5-4-6-9-10/h4-6,8-9,11H,3,7H2,1-2H3. The Morgan fingerprint density at radius 1 is 1.40 bits per heavy atom. The molecule has 1 aromatic carbocycles. The largest absolute Gasteiger partial charge is 0.0722 e. The van der Waals surface area contributed by atoms with Crippen LogP contribution in [0.15, 0.2) is 35.2 Å². The molecule has 0 N–H and O–H groups in total. The molecule has 0 saturated carbocycles. The maximum atomic E-state index is 8.48. The van der Waals surface area contributed by atoms with Crippen LogP contribution in [-0.2, 0) is 0 Å².